The molecule has 21 heavy (non-hydrogen) atoms. The summed E-state index contributed by atoms with van der Waals surface area (Å²) in [5.41, 5.74) is 5.86. The van der Waals surface area contributed by atoms with Crippen LogP contribution in [-0.4, -0.2) is 18.2 Å². The monoisotopic (exact) mass is 325 g/mol. The van der Waals surface area contributed by atoms with Gasteiger partial charge in [-0.15, -0.1) is 0 Å². The number of nitrogens with two attached hydrogens (primary N) is 1. The molecule has 0 atom stereocenters. The predicted molar refractivity (Wildman–Crippen MR) is 79.3 cm³/mol. The molecule has 0 amide bonds. The SMILES string of the molecule is CCn1cc(S(=O)(=O)Nc2cc(Cl)ccc2C#N)c(N)n1. The summed E-state index contributed by atoms with van der Waals surface area (Å²) in [5.74, 6) is -0.107. The van der Waals surface area contributed by atoms with Crippen LogP contribution < -0.4 is 10.5 Å². The summed E-state index contributed by atoms with van der Waals surface area (Å²) in [7, 11) is -3.95. The molecule has 3 N–H and O–H groups in total. The third-order valence-corrected chi connectivity index (χ3v) is 4.33. The molecule has 2 rings (SSSR count). The summed E-state index contributed by atoms with van der Waals surface area (Å²) in [6.07, 6.45) is 1.33. The van der Waals surface area contributed by atoms with E-state index in [1.165, 1.54) is 29.1 Å². The molecule has 1 aromatic heterocycles. The van der Waals surface area contributed by atoms with Gasteiger partial charge in [0, 0.05) is 17.8 Å². The maximum Gasteiger partial charge on any atom is 0.267 e. The number of benzene rings is 1. The van der Waals surface area contributed by atoms with E-state index in [0.29, 0.717) is 11.6 Å². The van der Waals surface area contributed by atoms with Gasteiger partial charge in [0.1, 0.15) is 11.0 Å². The van der Waals surface area contributed by atoms with Crippen LogP contribution in [0.15, 0.2) is 29.3 Å². The van der Waals surface area contributed by atoms with Crippen LogP contribution in [0.3, 0.4) is 0 Å². The molecule has 1 aromatic carbocycles. The van der Waals surface area contributed by atoms with E-state index in [1.807, 2.05) is 6.07 Å². The fraction of sp³-hybridized carbons (Fsp3) is 0.167. The van der Waals surface area contributed by atoms with Crippen molar-refractivity contribution in [2.75, 3.05) is 10.5 Å². The predicted octanol–water partition coefficient (Wildman–Crippen LogP) is 1.81. The molecule has 9 heteroatoms. The van der Waals surface area contributed by atoms with Crippen LogP contribution in [0.2, 0.25) is 5.02 Å². The lowest BCUT2D eigenvalue weighted by atomic mass is 10.2. The van der Waals surface area contributed by atoms with Crippen molar-refractivity contribution in [1.29, 1.82) is 5.26 Å². The Morgan fingerprint density at radius 3 is 2.81 bits per heavy atom. The molecule has 7 nitrogen and oxygen atoms in total. The minimum absolute atomic E-state index is 0.0913. The number of nitrogen functional groups attached to an aromatic ring is 1. The van der Waals surface area contributed by atoms with Gasteiger partial charge in [0.15, 0.2) is 5.82 Å². The van der Waals surface area contributed by atoms with Gasteiger partial charge in [-0.25, -0.2) is 8.42 Å². The minimum atomic E-state index is -3.95. The number of nitrogens with zero attached hydrogens (tertiary/aromatic N) is 3. The number of sulfonamides is 1. The summed E-state index contributed by atoms with van der Waals surface area (Å²) < 4.78 is 28.4. The second kappa shape index (κ2) is 5.63. The number of nitrogens with one attached hydrogen (secondary N) is 1. The average Bonchev–Trinajstić information content (AvgIpc) is 2.81. The van der Waals surface area contributed by atoms with Gasteiger partial charge in [-0.2, -0.15) is 10.4 Å². The molecule has 0 aliphatic rings. The zero-order valence-electron chi connectivity index (χ0n) is 11.0. The normalized spacial score (nSPS) is 11.1. The summed E-state index contributed by atoms with van der Waals surface area (Å²) in [4.78, 5) is -0.145. The van der Waals surface area contributed by atoms with E-state index in [9.17, 15) is 8.42 Å². The number of anilines is 2. The Kier molecular flexibility index (Phi) is 4.06. The largest absolute Gasteiger partial charge is 0.381 e. The number of nitriles is 1. The maximum absolute atomic E-state index is 12.3. The highest BCUT2D eigenvalue weighted by atomic mass is 35.5. The van der Waals surface area contributed by atoms with Crippen LogP contribution in [0.25, 0.3) is 0 Å². The van der Waals surface area contributed by atoms with E-state index in [0.717, 1.165) is 0 Å². The van der Waals surface area contributed by atoms with E-state index in [2.05, 4.69) is 9.82 Å². The molecule has 2 aromatic rings. The number of halogens is 1. The van der Waals surface area contributed by atoms with Crippen molar-refractivity contribution in [3.05, 3.63) is 35.0 Å². The first kappa shape index (κ1) is 15.2. The fourth-order valence-corrected chi connectivity index (χ4v) is 3.00. The van der Waals surface area contributed by atoms with Crippen LogP contribution in [-0.2, 0) is 16.6 Å². The van der Waals surface area contributed by atoms with Crippen LogP contribution in [0.1, 0.15) is 12.5 Å². The zero-order valence-corrected chi connectivity index (χ0v) is 12.6. The standard InChI is InChI=1S/C12H12ClN5O2S/c1-2-18-7-11(12(15)16-18)21(19,20)17-10-5-9(13)4-3-8(10)6-14/h3-5,7,17H,2H2,1H3,(H2,15,16). The summed E-state index contributed by atoms with van der Waals surface area (Å²) in [5, 5.41) is 13.2. The Morgan fingerprint density at radius 2 is 2.24 bits per heavy atom. The Morgan fingerprint density at radius 1 is 1.52 bits per heavy atom. The van der Waals surface area contributed by atoms with Gasteiger partial charge in [0.25, 0.3) is 10.0 Å². The number of hydrogen-bond acceptors (Lipinski definition) is 5. The first-order valence-electron chi connectivity index (χ1n) is 5.92. The number of aryl methyl sites for hydroxylation is 1. The first-order valence-corrected chi connectivity index (χ1v) is 7.79. The van der Waals surface area contributed by atoms with Crippen molar-refractivity contribution in [3.8, 4) is 6.07 Å². The van der Waals surface area contributed by atoms with Crippen molar-refractivity contribution in [3.63, 3.8) is 0 Å². The van der Waals surface area contributed by atoms with Crippen molar-refractivity contribution < 1.29 is 8.42 Å². The molecule has 1 heterocycles. The van der Waals surface area contributed by atoms with Crippen LogP contribution in [0, 0.1) is 11.3 Å². The van der Waals surface area contributed by atoms with Crippen molar-refractivity contribution in [2.24, 2.45) is 0 Å². The van der Waals surface area contributed by atoms with Gasteiger partial charge in [-0.05, 0) is 25.1 Å². The molecular formula is C12H12ClN5O2S. The molecule has 0 fully saturated rings. The second-order valence-electron chi connectivity index (χ2n) is 4.14. The number of hydrogen-bond donors (Lipinski definition) is 2. The van der Waals surface area contributed by atoms with E-state index in [-0.39, 0.29) is 22.0 Å². The Balaban J connectivity index is 2.45. The van der Waals surface area contributed by atoms with Crippen molar-refractivity contribution in [2.45, 2.75) is 18.4 Å². The highest BCUT2D eigenvalue weighted by Crippen LogP contribution is 2.25. The average molecular weight is 326 g/mol. The minimum Gasteiger partial charge on any atom is -0.381 e. The number of rotatable bonds is 4. The highest BCUT2D eigenvalue weighted by Gasteiger charge is 2.22. The molecule has 0 unspecified atom stereocenters. The van der Waals surface area contributed by atoms with Gasteiger partial charge >= 0.3 is 0 Å². The summed E-state index contributed by atoms with van der Waals surface area (Å²) in [6.45, 7) is 2.29. The van der Waals surface area contributed by atoms with E-state index in [1.54, 1.807) is 6.92 Å². The van der Waals surface area contributed by atoms with Gasteiger partial charge in [0.2, 0.25) is 0 Å². The molecule has 0 spiro atoms. The third-order valence-electron chi connectivity index (χ3n) is 2.71. The fourth-order valence-electron chi connectivity index (χ4n) is 1.69. The Hall–Kier alpha value is -2.24. The van der Waals surface area contributed by atoms with Crippen LogP contribution in [0.4, 0.5) is 11.5 Å². The Labute approximate surface area is 127 Å². The molecular weight excluding hydrogens is 314 g/mol. The van der Waals surface area contributed by atoms with Crippen LogP contribution >= 0.6 is 11.6 Å². The molecule has 0 saturated heterocycles. The molecule has 0 saturated carbocycles. The maximum atomic E-state index is 12.3. The second-order valence-corrected chi connectivity index (χ2v) is 6.23. The topological polar surface area (TPSA) is 114 Å². The lowest BCUT2D eigenvalue weighted by Gasteiger charge is -2.08. The number of aromatic nitrogens is 2. The van der Waals surface area contributed by atoms with Gasteiger partial charge in [-0.3, -0.25) is 9.40 Å². The van der Waals surface area contributed by atoms with Gasteiger partial charge < -0.3 is 5.73 Å². The van der Waals surface area contributed by atoms with E-state index in [4.69, 9.17) is 22.6 Å². The highest BCUT2D eigenvalue weighted by molar-refractivity contribution is 7.92. The van der Waals surface area contributed by atoms with E-state index < -0.39 is 10.0 Å². The lowest BCUT2D eigenvalue weighted by Crippen LogP contribution is -2.14. The molecule has 0 bridgehead atoms. The summed E-state index contributed by atoms with van der Waals surface area (Å²) in [6, 6.07) is 6.18. The first-order chi connectivity index (χ1) is 9.87. The van der Waals surface area contributed by atoms with Gasteiger partial charge in [-0.1, -0.05) is 11.6 Å². The smallest absolute Gasteiger partial charge is 0.267 e. The Bertz CT molecular complexity index is 823. The van der Waals surface area contributed by atoms with Crippen molar-refractivity contribution in [1.82, 2.24) is 9.78 Å². The van der Waals surface area contributed by atoms with E-state index >= 15 is 0 Å². The third kappa shape index (κ3) is 3.09. The molecule has 0 radical (unpaired) electrons. The quantitative estimate of drug-likeness (QED) is 0.889. The molecule has 110 valence electrons. The van der Waals surface area contributed by atoms with Crippen molar-refractivity contribution >= 4 is 33.1 Å². The lowest BCUT2D eigenvalue weighted by molar-refractivity contribution is 0.600. The summed E-state index contributed by atoms with van der Waals surface area (Å²) >= 11 is 5.82. The molecule has 0 aliphatic carbocycles. The molecule has 0 aliphatic heterocycles. The van der Waals surface area contributed by atoms with Gasteiger partial charge in [0.05, 0.1) is 11.3 Å². The zero-order chi connectivity index (χ0) is 15.6. The van der Waals surface area contributed by atoms with Crippen LogP contribution in [0.5, 0.6) is 0 Å².